The average Bonchev–Trinajstić information content (AvgIpc) is 2.78. The number of nitrogens with two attached hydrogens (primary N) is 1. The Kier molecular flexibility index (Phi) is 2.98. The molecule has 1 amide bonds. The van der Waals surface area contributed by atoms with E-state index in [2.05, 4.69) is 10.4 Å². The van der Waals surface area contributed by atoms with Crippen LogP contribution in [0.2, 0.25) is 0 Å². The fourth-order valence-corrected chi connectivity index (χ4v) is 1.50. The van der Waals surface area contributed by atoms with E-state index in [1.54, 1.807) is 25.4 Å². The summed E-state index contributed by atoms with van der Waals surface area (Å²) in [5.74, 6) is -0.315. The van der Waals surface area contributed by atoms with Crippen LogP contribution in [-0.2, 0) is 7.05 Å². The van der Waals surface area contributed by atoms with Crippen molar-refractivity contribution in [2.45, 2.75) is 0 Å². The molecule has 0 unspecified atom stereocenters. The molecule has 3 N–H and O–H groups in total. The molecule has 0 radical (unpaired) electrons. The van der Waals surface area contributed by atoms with Crippen LogP contribution in [0.3, 0.4) is 0 Å². The molecule has 0 saturated heterocycles. The number of carbonyl (C=O) groups is 1. The summed E-state index contributed by atoms with van der Waals surface area (Å²) in [5.41, 5.74) is 7.23. The van der Waals surface area contributed by atoms with Gasteiger partial charge in [-0.1, -0.05) is 0 Å². The highest BCUT2D eigenvalue weighted by Crippen LogP contribution is 2.18. The minimum Gasteiger partial charge on any atom is -0.399 e. The van der Waals surface area contributed by atoms with Crippen molar-refractivity contribution in [2.75, 3.05) is 11.1 Å². The van der Waals surface area contributed by atoms with Gasteiger partial charge in [-0.2, -0.15) is 10.4 Å². The molecule has 1 heterocycles. The van der Waals surface area contributed by atoms with Crippen LogP contribution in [0.25, 0.3) is 0 Å². The van der Waals surface area contributed by atoms with Crippen LogP contribution in [0, 0.1) is 11.3 Å². The normalized spacial score (nSPS) is 9.78. The highest BCUT2D eigenvalue weighted by molar-refractivity contribution is 6.04. The molecule has 2 rings (SSSR count). The third-order valence-corrected chi connectivity index (χ3v) is 2.38. The number of nitrogen functional groups attached to an aromatic ring is 1. The Bertz CT molecular complexity index is 638. The monoisotopic (exact) mass is 241 g/mol. The predicted molar refractivity (Wildman–Crippen MR) is 66.7 cm³/mol. The number of nitrogens with zero attached hydrogens (tertiary/aromatic N) is 3. The van der Waals surface area contributed by atoms with Gasteiger partial charge in [0.15, 0.2) is 0 Å². The number of aryl methyl sites for hydroxylation is 1. The highest BCUT2D eigenvalue weighted by Gasteiger charge is 2.10. The van der Waals surface area contributed by atoms with Crippen LogP contribution >= 0.6 is 0 Å². The molecule has 90 valence electrons. The first-order valence-electron chi connectivity index (χ1n) is 5.20. The Balaban J connectivity index is 2.25. The number of rotatable bonds is 2. The molecule has 0 spiro atoms. The number of nitrogens with one attached hydrogen (secondary N) is 1. The second-order valence-electron chi connectivity index (χ2n) is 3.77. The molecule has 0 atom stereocenters. The van der Waals surface area contributed by atoms with Gasteiger partial charge in [0, 0.05) is 18.9 Å². The maximum Gasteiger partial charge on any atom is 0.258 e. The van der Waals surface area contributed by atoms with E-state index in [4.69, 9.17) is 11.0 Å². The van der Waals surface area contributed by atoms with Crippen molar-refractivity contribution in [3.63, 3.8) is 0 Å². The maximum absolute atomic E-state index is 11.9. The van der Waals surface area contributed by atoms with Gasteiger partial charge >= 0.3 is 0 Å². The second kappa shape index (κ2) is 4.59. The number of nitriles is 1. The molecule has 0 aliphatic carbocycles. The number of carbonyl (C=O) groups excluding carboxylic acids is 1. The van der Waals surface area contributed by atoms with Crippen molar-refractivity contribution >= 4 is 17.3 Å². The lowest BCUT2D eigenvalue weighted by Crippen LogP contribution is -2.12. The molecular weight excluding hydrogens is 230 g/mol. The van der Waals surface area contributed by atoms with Gasteiger partial charge in [0.2, 0.25) is 0 Å². The smallest absolute Gasteiger partial charge is 0.258 e. The van der Waals surface area contributed by atoms with Crippen molar-refractivity contribution < 1.29 is 4.79 Å². The molecule has 0 aliphatic rings. The Morgan fingerprint density at radius 3 is 2.94 bits per heavy atom. The van der Waals surface area contributed by atoms with Crippen LogP contribution < -0.4 is 11.1 Å². The first kappa shape index (κ1) is 11.7. The van der Waals surface area contributed by atoms with E-state index in [-0.39, 0.29) is 5.91 Å². The van der Waals surface area contributed by atoms with Gasteiger partial charge in [-0.3, -0.25) is 9.48 Å². The molecule has 6 heteroatoms. The summed E-state index contributed by atoms with van der Waals surface area (Å²) in [6.45, 7) is 0. The minimum atomic E-state index is -0.315. The van der Waals surface area contributed by atoms with Crippen molar-refractivity contribution in [2.24, 2.45) is 7.05 Å². The van der Waals surface area contributed by atoms with Crippen molar-refractivity contribution in [1.29, 1.82) is 5.26 Å². The topological polar surface area (TPSA) is 96.7 Å². The summed E-state index contributed by atoms with van der Waals surface area (Å²) < 4.78 is 1.53. The first-order valence-corrected chi connectivity index (χ1v) is 5.20. The Morgan fingerprint density at radius 1 is 1.56 bits per heavy atom. The Hall–Kier alpha value is -2.81. The third kappa shape index (κ3) is 2.30. The van der Waals surface area contributed by atoms with Crippen molar-refractivity contribution in [3.8, 4) is 6.07 Å². The summed E-state index contributed by atoms with van der Waals surface area (Å²) in [4.78, 5) is 11.9. The second-order valence-corrected chi connectivity index (χ2v) is 3.77. The minimum absolute atomic E-state index is 0.315. The molecule has 0 saturated carbocycles. The van der Waals surface area contributed by atoms with Crippen LogP contribution in [0.5, 0.6) is 0 Å². The number of hydrogen-bond acceptors (Lipinski definition) is 4. The zero-order valence-corrected chi connectivity index (χ0v) is 9.71. The van der Waals surface area contributed by atoms with Crippen LogP contribution in [-0.4, -0.2) is 15.7 Å². The summed E-state index contributed by atoms with van der Waals surface area (Å²) in [6.07, 6.45) is 3.05. The van der Waals surface area contributed by atoms with Crippen molar-refractivity contribution in [3.05, 3.63) is 41.7 Å². The molecular formula is C12H11N5O. The van der Waals surface area contributed by atoms with E-state index < -0.39 is 0 Å². The van der Waals surface area contributed by atoms with Gasteiger partial charge < -0.3 is 11.1 Å². The number of amides is 1. The fourth-order valence-electron chi connectivity index (χ4n) is 1.50. The van der Waals surface area contributed by atoms with E-state index >= 15 is 0 Å². The first-order chi connectivity index (χ1) is 8.60. The Morgan fingerprint density at radius 2 is 2.33 bits per heavy atom. The predicted octanol–water partition coefficient (Wildman–Crippen LogP) is 1.13. The lowest BCUT2D eigenvalue weighted by atomic mass is 10.1. The highest BCUT2D eigenvalue weighted by atomic mass is 16.1. The summed E-state index contributed by atoms with van der Waals surface area (Å²) >= 11 is 0. The van der Waals surface area contributed by atoms with Gasteiger partial charge in [-0.05, 0) is 18.2 Å². The molecule has 0 fully saturated rings. The van der Waals surface area contributed by atoms with Crippen molar-refractivity contribution in [1.82, 2.24) is 9.78 Å². The summed E-state index contributed by atoms with van der Waals surface area (Å²) in [7, 11) is 1.72. The molecule has 6 nitrogen and oxygen atoms in total. The van der Waals surface area contributed by atoms with Crippen LogP contribution in [0.1, 0.15) is 15.9 Å². The van der Waals surface area contributed by atoms with E-state index in [0.717, 1.165) is 0 Å². The molecule has 18 heavy (non-hydrogen) atoms. The van der Waals surface area contributed by atoms with Gasteiger partial charge in [-0.15, -0.1) is 0 Å². The summed E-state index contributed by atoms with van der Waals surface area (Å²) in [6, 6.07) is 6.72. The number of anilines is 2. The van der Waals surface area contributed by atoms with Crippen LogP contribution in [0.4, 0.5) is 11.4 Å². The van der Waals surface area contributed by atoms with Gasteiger partial charge in [0.05, 0.1) is 23.0 Å². The average molecular weight is 241 g/mol. The largest absolute Gasteiger partial charge is 0.399 e. The van der Waals surface area contributed by atoms with Gasteiger partial charge in [-0.25, -0.2) is 0 Å². The Labute approximate surface area is 104 Å². The molecule has 0 aliphatic heterocycles. The lowest BCUT2D eigenvalue weighted by Gasteiger charge is -2.06. The number of hydrogen-bond donors (Lipinski definition) is 2. The van der Waals surface area contributed by atoms with E-state index in [9.17, 15) is 4.79 Å². The molecule has 1 aromatic heterocycles. The van der Waals surface area contributed by atoms with E-state index in [0.29, 0.717) is 22.5 Å². The van der Waals surface area contributed by atoms with Gasteiger partial charge in [0.1, 0.15) is 6.07 Å². The standard InChI is InChI=1S/C12H11N5O/c1-17-7-9(6-15-17)12(18)16-11-3-2-10(14)4-8(11)5-13/h2-4,6-7H,14H2,1H3,(H,16,18). The fraction of sp³-hybridized carbons (Fsp3) is 0.0833. The molecule has 2 aromatic rings. The zero-order chi connectivity index (χ0) is 13.1. The zero-order valence-electron chi connectivity index (χ0n) is 9.71. The number of benzene rings is 1. The van der Waals surface area contributed by atoms with E-state index in [1.807, 2.05) is 6.07 Å². The maximum atomic E-state index is 11.9. The lowest BCUT2D eigenvalue weighted by molar-refractivity contribution is 0.102. The molecule has 0 bridgehead atoms. The summed E-state index contributed by atoms with van der Waals surface area (Å²) in [5, 5.41) is 15.5. The number of aromatic nitrogens is 2. The SMILES string of the molecule is Cn1cc(C(=O)Nc2ccc(N)cc2C#N)cn1. The molecule has 1 aromatic carbocycles. The van der Waals surface area contributed by atoms with Gasteiger partial charge in [0.25, 0.3) is 5.91 Å². The third-order valence-electron chi connectivity index (χ3n) is 2.38. The van der Waals surface area contributed by atoms with Crippen LogP contribution in [0.15, 0.2) is 30.6 Å². The quantitative estimate of drug-likeness (QED) is 0.770. The van der Waals surface area contributed by atoms with E-state index in [1.165, 1.54) is 16.9 Å².